The van der Waals surface area contributed by atoms with E-state index in [0.29, 0.717) is 43.0 Å². The van der Waals surface area contributed by atoms with Gasteiger partial charge in [0.1, 0.15) is 6.04 Å². The predicted molar refractivity (Wildman–Crippen MR) is 145 cm³/mol. The minimum absolute atomic E-state index is 0.0410. The lowest BCUT2D eigenvalue weighted by Gasteiger charge is -2.45. The van der Waals surface area contributed by atoms with E-state index >= 15 is 0 Å². The number of hydrogen-bond acceptors (Lipinski definition) is 6. The van der Waals surface area contributed by atoms with Gasteiger partial charge >= 0.3 is 5.97 Å². The zero-order valence-electron chi connectivity index (χ0n) is 22.5. The Hall–Kier alpha value is -2.74. The fourth-order valence-corrected chi connectivity index (χ4v) is 7.91. The lowest BCUT2D eigenvalue weighted by molar-refractivity contribution is -0.145. The Labute approximate surface area is 224 Å². The van der Waals surface area contributed by atoms with Gasteiger partial charge in [-0.3, -0.25) is 14.5 Å². The van der Waals surface area contributed by atoms with Crippen molar-refractivity contribution in [1.29, 1.82) is 0 Å². The lowest BCUT2D eigenvalue weighted by Crippen LogP contribution is -2.50. The molecule has 6 rings (SSSR count). The second-order valence-electron chi connectivity index (χ2n) is 11.8. The number of esters is 1. The van der Waals surface area contributed by atoms with Crippen molar-refractivity contribution >= 4 is 22.9 Å². The zero-order valence-corrected chi connectivity index (χ0v) is 22.5. The SMILES string of the molecule is COC(=O)C1CCCN1C(=O)c1nc2ccccc2n(C2C[C@H]3CC[C@@H](C2)N3C2CCCCCCC2)c1=O. The molecule has 8 nitrogen and oxygen atoms in total. The molecule has 2 aromatic rings. The van der Waals surface area contributed by atoms with Gasteiger partial charge < -0.3 is 14.2 Å². The van der Waals surface area contributed by atoms with E-state index < -0.39 is 17.9 Å². The highest BCUT2D eigenvalue weighted by atomic mass is 16.5. The molecule has 0 radical (unpaired) electrons. The van der Waals surface area contributed by atoms with E-state index in [1.807, 2.05) is 28.8 Å². The minimum Gasteiger partial charge on any atom is -0.467 e. The van der Waals surface area contributed by atoms with Gasteiger partial charge in [-0.1, -0.05) is 44.2 Å². The maximum absolute atomic E-state index is 14.1. The lowest BCUT2D eigenvalue weighted by atomic mass is 9.89. The summed E-state index contributed by atoms with van der Waals surface area (Å²) in [7, 11) is 1.34. The van der Waals surface area contributed by atoms with Crippen LogP contribution in [-0.4, -0.2) is 69.0 Å². The van der Waals surface area contributed by atoms with Crippen molar-refractivity contribution in [2.24, 2.45) is 0 Å². The Bertz CT molecular complexity index is 1240. The standard InChI is InChI=1S/C30H40N4O4/c1-38-30(37)26-14-9-17-32(26)28(35)27-29(36)34(25-13-8-7-12-24(25)31-27)23-18-21-15-16-22(19-23)33(21)20-10-5-3-2-4-6-11-20/h7-8,12-13,20-23,26H,2-6,9-11,14-19H2,1H3/t21-,22+,23?,26?. The zero-order chi connectivity index (χ0) is 26.2. The molecule has 4 heterocycles. The average Bonchev–Trinajstić information content (AvgIpc) is 3.50. The summed E-state index contributed by atoms with van der Waals surface area (Å²) in [6, 6.07) is 8.70. The van der Waals surface area contributed by atoms with Gasteiger partial charge in [-0.05, 0) is 63.5 Å². The number of methoxy groups -OCH3 is 1. The van der Waals surface area contributed by atoms with Crippen LogP contribution in [0.15, 0.2) is 29.1 Å². The van der Waals surface area contributed by atoms with Crippen molar-refractivity contribution in [3.05, 3.63) is 40.3 Å². The normalized spacial score (nSPS) is 28.8. The monoisotopic (exact) mass is 520 g/mol. The van der Waals surface area contributed by atoms with E-state index in [0.717, 1.165) is 18.4 Å². The van der Waals surface area contributed by atoms with Gasteiger partial charge in [0.2, 0.25) is 0 Å². The van der Waals surface area contributed by atoms with E-state index in [9.17, 15) is 14.4 Å². The maximum Gasteiger partial charge on any atom is 0.328 e. The van der Waals surface area contributed by atoms with E-state index in [2.05, 4.69) is 9.88 Å². The van der Waals surface area contributed by atoms with Crippen LogP contribution in [-0.2, 0) is 9.53 Å². The third-order valence-electron chi connectivity index (χ3n) is 9.61. The van der Waals surface area contributed by atoms with Gasteiger partial charge in [-0.2, -0.15) is 0 Å². The van der Waals surface area contributed by atoms with Crippen molar-refractivity contribution < 1.29 is 14.3 Å². The van der Waals surface area contributed by atoms with Gasteiger partial charge in [0.05, 0.1) is 18.1 Å². The summed E-state index contributed by atoms with van der Waals surface area (Å²) < 4.78 is 6.81. The van der Waals surface area contributed by atoms with Gasteiger partial charge in [0.15, 0.2) is 5.69 Å². The first-order valence-electron chi connectivity index (χ1n) is 14.7. The van der Waals surface area contributed by atoms with Crippen LogP contribution in [0.4, 0.5) is 0 Å². The first-order chi connectivity index (χ1) is 18.6. The van der Waals surface area contributed by atoms with Crippen molar-refractivity contribution in [2.75, 3.05) is 13.7 Å². The highest BCUT2D eigenvalue weighted by Crippen LogP contribution is 2.44. The van der Waals surface area contributed by atoms with Crippen LogP contribution in [0.1, 0.15) is 100 Å². The van der Waals surface area contributed by atoms with Gasteiger partial charge in [-0.25, -0.2) is 9.78 Å². The fourth-order valence-electron chi connectivity index (χ4n) is 7.91. The minimum atomic E-state index is -0.656. The Morgan fingerprint density at radius 3 is 2.24 bits per heavy atom. The summed E-state index contributed by atoms with van der Waals surface area (Å²) >= 11 is 0. The number of para-hydroxylation sites is 2. The molecule has 204 valence electrons. The molecule has 1 amide bonds. The molecule has 1 aliphatic carbocycles. The van der Waals surface area contributed by atoms with E-state index in [1.165, 1.54) is 69.8 Å². The third-order valence-corrected chi connectivity index (χ3v) is 9.61. The van der Waals surface area contributed by atoms with Gasteiger partial charge in [-0.15, -0.1) is 0 Å². The average molecular weight is 521 g/mol. The summed E-state index contributed by atoms with van der Waals surface area (Å²) in [5, 5.41) is 0. The van der Waals surface area contributed by atoms with Crippen molar-refractivity contribution in [1.82, 2.24) is 19.4 Å². The molecule has 1 aromatic carbocycles. The van der Waals surface area contributed by atoms with E-state index in [1.54, 1.807) is 0 Å². The van der Waals surface area contributed by atoms with E-state index in [-0.39, 0.29) is 17.3 Å². The van der Waals surface area contributed by atoms with Crippen LogP contribution in [0.5, 0.6) is 0 Å². The number of likely N-dealkylation sites (tertiary alicyclic amines) is 1. The molecule has 4 fully saturated rings. The summed E-state index contributed by atoms with van der Waals surface area (Å²) in [6.07, 6.45) is 14.8. The molecule has 0 spiro atoms. The number of nitrogens with zero attached hydrogens (tertiary/aromatic N) is 4. The molecular weight excluding hydrogens is 480 g/mol. The van der Waals surface area contributed by atoms with Crippen molar-refractivity contribution in [3.63, 3.8) is 0 Å². The first kappa shape index (κ1) is 25.5. The summed E-state index contributed by atoms with van der Waals surface area (Å²) in [4.78, 5) is 48.9. The third kappa shape index (κ3) is 4.55. The van der Waals surface area contributed by atoms with Gasteiger partial charge in [0.25, 0.3) is 11.5 Å². The predicted octanol–water partition coefficient (Wildman–Crippen LogP) is 4.45. The molecule has 3 saturated heterocycles. The molecule has 1 saturated carbocycles. The Kier molecular flexibility index (Phi) is 7.25. The van der Waals surface area contributed by atoms with Crippen molar-refractivity contribution in [2.45, 2.75) is 114 Å². The molecule has 8 heteroatoms. The number of aromatic nitrogens is 2. The number of piperidine rings is 1. The summed E-state index contributed by atoms with van der Waals surface area (Å²) in [5.74, 6) is -0.896. The number of carbonyl (C=O) groups is 2. The Morgan fingerprint density at radius 1 is 0.842 bits per heavy atom. The number of amides is 1. The molecule has 1 aromatic heterocycles. The second-order valence-corrected chi connectivity index (χ2v) is 11.8. The smallest absolute Gasteiger partial charge is 0.328 e. The number of benzene rings is 1. The Balaban J connectivity index is 1.33. The van der Waals surface area contributed by atoms with Crippen LogP contribution >= 0.6 is 0 Å². The summed E-state index contributed by atoms with van der Waals surface area (Å²) in [6.45, 7) is 0.427. The quantitative estimate of drug-likeness (QED) is 0.554. The maximum atomic E-state index is 14.1. The topological polar surface area (TPSA) is 84.7 Å². The molecule has 4 atom stereocenters. The fraction of sp³-hybridized carbons (Fsp3) is 0.667. The van der Waals surface area contributed by atoms with Crippen LogP contribution in [0.2, 0.25) is 0 Å². The van der Waals surface area contributed by atoms with E-state index in [4.69, 9.17) is 4.74 Å². The molecule has 2 bridgehead atoms. The number of hydrogen-bond donors (Lipinski definition) is 0. The first-order valence-corrected chi connectivity index (χ1v) is 14.7. The van der Waals surface area contributed by atoms with Crippen LogP contribution in [0.25, 0.3) is 11.0 Å². The molecular formula is C30H40N4O4. The molecule has 0 N–H and O–H groups in total. The number of ether oxygens (including phenoxy) is 1. The molecule has 2 unspecified atom stereocenters. The number of fused-ring (bicyclic) bond motifs is 3. The van der Waals surface area contributed by atoms with Crippen molar-refractivity contribution in [3.8, 4) is 0 Å². The van der Waals surface area contributed by atoms with Gasteiger partial charge in [0, 0.05) is 30.7 Å². The Morgan fingerprint density at radius 2 is 1.53 bits per heavy atom. The highest BCUT2D eigenvalue weighted by molar-refractivity contribution is 5.96. The summed E-state index contributed by atoms with van der Waals surface area (Å²) in [5.41, 5.74) is 1.05. The highest BCUT2D eigenvalue weighted by Gasteiger charge is 2.45. The second kappa shape index (κ2) is 10.8. The molecule has 38 heavy (non-hydrogen) atoms. The number of carbonyl (C=O) groups excluding carboxylic acids is 2. The largest absolute Gasteiger partial charge is 0.467 e. The molecule has 4 aliphatic rings. The van der Waals surface area contributed by atoms with Crippen LogP contribution in [0.3, 0.4) is 0 Å². The molecule has 3 aliphatic heterocycles. The number of rotatable bonds is 4. The van der Waals surface area contributed by atoms with Crippen LogP contribution in [0, 0.1) is 0 Å². The van der Waals surface area contributed by atoms with Crippen LogP contribution < -0.4 is 5.56 Å².